The molecule has 19 heavy (non-hydrogen) atoms. The number of ether oxygens (including phenoxy) is 1. The van der Waals surface area contributed by atoms with E-state index in [4.69, 9.17) is 10.5 Å². The summed E-state index contributed by atoms with van der Waals surface area (Å²) in [4.78, 5) is 0. The predicted molar refractivity (Wildman–Crippen MR) is 76.2 cm³/mol. The highest BCUT2D eigenvalue weighted by atomic mass is 16.5. The molecule has 0 aliphatic heterocycles. The van der Waals surface area contributed by atoms with E-state index in [-0.39, 0.29) is 6.04 Å². The van der Waals surface area contributed by atoms with Gasteiger partial charge in [0.1, 0.15) is 5.75 Å². The van der Waals surface area contributed by atoms with Crippen LogP contribution in [0.1, 0.15) is 37.6 Å². The molecule has 4 nitrogen and oxygen atoms in total. The molecule has 0 amide bonds. The molecule has 102 valence electrons. The lowest BCUT2D eigenvalue weighted by atomic mass is 10.0. The lowest BCUT2D eigenvalue weighted by Gasteiger charge is -2.15. The van der Waals surface area contributed by atoms with E-state index in [1.807, 2.05) is 41.9 Å². The van der Waals surface area contributed by atoms with Gasteiger partial charge in [-0.2, -0.15) is 5.10 Å². The Balaban J connectivity index is 2.18. The van der Waals surface area contributed by atoms with Gasteiger partial charge in [-0.25, -0.2) is 0 Å². The summed E-state index contributed by atoms with van der Waals surface area (Å²) in [6.07, 6.45) is 2.85. The lowest BCUT2D eigenvalue weighted by Crippen LogP contribution is -2.17. The molecule has 1 aromatic heterocycles. The Labute approximate surface area is 114 Å². The van der Waals surface area contributed by atoms with Gasteiger partial charge in [0.2, 0.25) is 0 Å². The minimum absolute atomic E-state index is 0.148. The van der Waals surface area contributed by atoms with E-state index >= 15 is 0 Å². The summed E-state index contributed by atoms with van der Waals surface area (Å²) in [6.45, 7) is 5.68. The van der Waals surface area contributed by atoms with E-state index in [1.165, 1.54) is 0 Å². The standard InChI is InChI=1S/C15H21N3O/c1-3-11-18-14(9-10-17-18)15(16)12-5-7-13(8-6-12)19-4-2/h5-10,15H,3-4,11,16H2,1-2H3. The Bertz CT molecular complexity index is 504. The fraction of sp³-hybridized carbons (Fsp3) is 0.400. The van der Waals surface area contributed by atoms with Crippen molar-refractivity contribution in [2.75, 3.05) is 6.61 Å². The summed E-state index contributed by atoms with van der Waals surface area (Å²) in [7, 11) is 0. The smallest absolute Gasteiger partial charge is 0.119 e. The first-order valence-electron chi connectivity index (χ1n) is 6.76. The van der Waals surface area contributed by atoms with E-state index in [0.29, 0.717) is 6.61 Å². The number of rotatable bonds is 6. The van der Waals surface area contributed by atoms with Crippen molar-refractivity contribution in [3.63, 3.8) is 0 Å². The number of hydrogen-bond donors (Lipinski definition) is 1. The molecule has 2 N–H and O–H groups in total. The molecule has 4 heteroatoms. The van der Waals surface area contributed by atoms with Gasteiger partial charge < -0.3 is 10.5 Å². The largest absolute Gasteiger partial charge is 0.494 e. The topological polar surface area (TPSA) is 53.1 Å². The fourth-order valence-corrected chi connectivity index (χ4v) is 2.11. The predicted octanol–water partition coefficient (Wildman–Crippen LogP) is 2.74. The molecule has 0 fully saturated rings. The quantitative estimate of drug-likeness (QED) is 0.867. The molecule has 1 aromatic carbocycles. The molecule has 2 aromatic rings. The first-order valence-corrected chi connectivity index (χ1v) is 6.76. The Hall–Kier alpha value is -1.81. The van der Waals surface area contributed by atoms with Crippen molar-refractivity contribution < 1.29 is 4.74 Å². The van der Waals surface area contributed by atoms with Crippen molar-refractivity contribution in [3.8, 4) is 5.75 Å². The molecular weight excluding hydrogens is 238 g/mol. The van der Waals surface area contributed by atoms with Gasteiger partial charge in [-0.1, -0.05) is 19.1 Å². The first kappa shape index (κ1) is 13.6. The van der Waals surface area contributed by atoms with E-state index in [1.54, 1.807) is 6.20 Å². The number of nitrogens with two attached hydrogens (primary N) is 1. The molecule has 2 rings (SSSR count). The summed E-state index contributed by atoms with van der Waals surface area (Å²) in [6, 6.07) is 9.78. The Morgan fingerprint density at radius 3 is 2.58 bits per heavy atom. The van der Waals surface area contributed by atoms with Crippen molar-refractivity contribution in [3.05, 3.63) is 47.8 Å². The second kappa shape index (κ2) is 6.38. The summed E-state index contributed by atoms with van der Waals surface area (Å²) in [5.74, 6) is 0.875. The van der Waals surface area contributed by atoms with Crippen LogP contribution in [0.25, 0.3) is 0 Å². The average Bonchev–Trinajstić information content (AvgIpc) is 2.88. The maximum absolute atomic E-state index is 6.31. The monoisotopic (exact) mass is 259 g/mol. The molecule has 0 radical (unpaired) electrons. The van der Waals surface area contributed by atoms with Crippen LogP contribution < -0.4 is 10.5 Å². The van der Waals surface area contributed by atoms with Crippen LogP contribution in [0.15, 0.2) is 36.5 Å². The van der Waals surface area contributed by atoms with Gasteiger partial charge in [0.05, 0.1) is 18.3 Å². The average molecular weight is 259 g/mol. The molecule has 0 aliphatic rings. The molecular formula is C15H21N3O. The van der Waals surface area contributed by atoms with Crippen molar-refractivity contribution >= 4 is 0 Å². The van der Waals surface area contributed by atoms with Gasteiger partial charge in [-0.15, -0.1) is 0 Å². The summed E-state index contributed by atoms with van der Waals surface area (Å²) in [5.41, 5.74) is 8.43. The van der Waals surface area contributed by atoms with Crippen molar-refractivity contribution in [1.29, 1.82) is 0 Å². The van der Waals surface area contributed by atoms with Crippen LogP contribution in [0, 0.1) is 0 Å². The molecule has 0 saturated heterocycles. The summed E-state index contributed by atoms with van der Waals surface area (Å²) in [5, 5.41) is 4.31. The highest BCUT2D eigenvalue weighted by molar-refractivity contribution is 5.32. The highest BCUT2D eigenvalue weighted by Crippen LogP contribution is 2.22. The molecule has 1 atom stereocenters. The fourth-order valence-electron chi connectivity index (χ4n) is 2.11. The SMILES string of the molecule is CCCn1nccc1C(N)c1ccc(OCC)cc1. The zero-order valence-corrected chi connectivity index (χ0v) is 11.5. The lowest BCUT2D eigenvalue weighted by molar-refractivity contribution is 0.340. The molecule has 1 heterocycles. The maximum atomic E-state index is 6.31. The number of benzene rings is 1. The van der Waals surface area contributed by atoms with Crippen molar-refractivity contribution in [1.82, 2.24) is 9.78 Å². The van der Waals surface area contributed by atoms with E-state index in [0.717, 1.165) is 30.0 Å². The van der Waals surface area contributed by atoms with E-state index in [2.05, 4.69) is 12.0 Å². The molecule has 1 unspecified atom stereocenters. The van der Waals surface area contributed by atoms with Gasteiger partial charge in [-0.3, -0.25) is 4.68 Å². The van der Waals surface area contributed by atoms with Gasteiger partial charge in [-0.05, 0) is 37.1 Å². The third-order valence-electron chi connectivity index (χ3n) is 3.05. The van der Waals surface area contributed by atoms with Crippen LogP contribution in [0.2, 0.25) is 0 Å². The normalized spacial score (nSPS) is 12.4. The maximum Gasteiger partial charge on any atom is 0.119 e. The Kier molecular flexibility index (Phi) is 4.58. The number of hydrogen-bond acceptors (Lipinski definition) is 3. The Morgan fingerprint density at radius 2 is 1.95 bits per heavy atom. The van der Waals surface area contributed by atoms with E-state index < -0.39 is 0 Å². The van der Waals surface area contributed by atoms with Crippen LogP contribution in [0.4, 0.5) is 0 Å². The molecule has 0 spiro atoms. The number of nitrogens with zero attached hydrogens (tertiary/aromatic N) is 2. The first-order chi connectivity index (χ1) is 9.26. The second-order valence-corrected chi connectivity index (χ2v) is 4.46. The minimum Gasteiger partial charge on any atom is -0.494 e. The third kappa shape index (κ3) is 3.15. The zero-order valence-electron chi connectivity index (χ0n) is 11.5. The highest BCUT2D eigenvalue weighted by Gasteiger charge is 2.13. The van der Waals surface area contributed by atoms with Crippen LogP contribution in [0.5, 0.6) is 5.75 Å². The van der Waals surface area contributed by atoms with Crippen LogP contribution in [-0.4, -0.2) is 16.4 Å². The third-order valence-corrected chi connectivity index (χ3v) is 3.05. The number of aryl methyl sites for hydroxylation is 1. The Morgan fingerprint density at radius 1 is 1.21 bits per heavy atom. The van der Waals surface area contributed by atoms with Gasteiger partial charge in [0.25, 0.3) is 0 Å². The van der Waals surface area contributed by atoms with Crippen molar-refractivity contribution in [2.24, 2.45) is 5.73 Å². The summed E-state index contributed by atoms with van der Waals surface area (Å²) < 4.78 is 7.41. The second-order valence-electron chi connectivity index (χ2n) is 4.46. The van der Waals surface area contributed by atoms with Gasteiger partial charge >= 0.3 is 0 Å². The zero-order chi connectivity index (χ0) is 13.7. The molecule has 0 saturated carbocycles. The molecule has 0 bridgehead atoms. The molecule has 0 aliphatic carbocycles. The number of aromatic nitrogens is 2. The summed E-state index contributed by atoms with van der Waals surface area (Å²) >= 11 is 0. The van der Waals surface area contributed by atoms with Crippen LogP contribution in [-0.2, 0) is 6.54 Å². The van der Waals surface area contributed by atoms with Gasteiger partial charge in [0, 0.05) is 12.7 Å². The van der Waals surface area contributed by atoms with E-state index in [9.17, 15) is 0 Å². The van der Waals surface area contributed by atoms with Crippen LogP contribution in [0.3, 0.4) is 0 Å². The minimum atomic E-state index is -0.148. The van der Waals surface area contributed by atoms with Gasteiger partial charge in [0.15, 0.2) is 0 Å². The van der Waals surface area contributed by atoms with Crippen LogP contribution >= 0.6 is 0 Å². The van der Waals surface area contributed by atoms with Crippen molar-refractivity contribution in [2.45, 2.75) is 32.9 Å².